The van der Waals surface area contributed by atoms with Gasteiger partial charge >= 0.3 is 12.0 Å². The number of carboxylic acids is 1. The molecule has 20 heavy (non-hydrogen) atoms. The van der Waals surface area contributed by atoms with Crippen LogP contribution in [-0.4, -0.2) is 55.4 Å². The minimum Gasteiger partial charge on any atom is -0.481 e. The van der Waals surface area contributed by atoms with Crippen LogP contribution in [0.15, 0.2) is 0 Å². The van der Waals surface area contributed by atoms with Crippen molar-refractivity contribution in [2.24, 2.45) is 11.8 Å². The van der Waals surface area contributed by atoms with E-state index in [4.69, 9.17) is 9.84 Å². The van der Waals surface area contributed by atoms with Gasteiger partial charge in [-0.05, 0) is 31.1 Å². The van der Waals surface area contributed by atoms with Crippen molar-refractivity contribution in [2.45, 2.75) is 32.6 Å². The molecule has 6 heteroatoms. The van der Waals surface area contributed by atoms with E-state index in [1.54, 1.807) is 12.0 Å². The average molecular weight is 286 g/mol. The Kier molecular flexibility index (Phi) is 7.36. The van der Waals surface area contributed by atoms with Gasteiger partial charge in [-0.15, -0.1) is 0 Å². The molecule has 1 fully saturated rings. The number of amides is 2. The molecule has 0 saturated carbocycles. The van der Waals surface area contributed by atoms with Gasteiger partial charge in [0, 0.05) is 39.8 Å². The lowest BCUT2D eigenvalue weighted by Crippen LogP contribution is -2.47. The molecular formula is C14H26N2O4. The molecule has 0 aliphatic carbocycles. The van der Waals surface area contributed by atoms with E-state index in [1.165, 1.54) is 0 Å². The first-order chi connectivity index (χ1) is 9.54. The standard InChI is InChI=1S/C14H26N2O4/c1-11(9-13(17)18)12-5-3-7-16(10-12)14(19)15-6-4-8-20-2/h11-12H,3-10H2,1-2H3,(H,15,19)(H,17,18). The highest BCUT2D eigenvalue weighted by Crippen LogP contribution is 2.26. The van der Waals surface area contributed by atoms with Crippen LogP contribution < -0.4 is 5.32 Å². The average Bonchev–Trinajstić information content (AvgIpc) is 2.43. The molecule has 2 atom stereocenters. The van der Waals surface area contributed by atoms with Gasteiger partial charge in [-0.25, -0.2) is 4.79 Å². The molecule has 2 amide bonds. The van der Waals surface area contributed by atoms with Gasteiger partial charge in [0.1, 0.15) is 0 Å². The highest BCUT2D eigenvalue weighted by Gasteiger charge is 2.28. The van der Waals surface area contributed by atoms with Crippen LogP contribution in [0.25, 0.3) is 0 Å². The highest BCUT2D eigenvalue weighted by molar-refractivity contribution is 5.74. The van der Waals surface area contributed by atoms with Crippen molar-refractivity contribution in [1.82, 2.24) is 10.2 Å². The molecule has 0 aromatic carbocycles. The maximum atomic E-state index is 12.0. The third-order valence-corrected chi connectivity index (χ3v) is 3.85. The molecule has 1 heterocycles. The molecule has 0 spiro atoms. The van der Waals surface area contributed by atoms with E-state index in [2.05, 4.69) is 5.32 Å². The van der Waals surface area contributed by atoms with Crippen LogP contribution in [0.1, 0.15) is 32.6 Å². The van der Waals surface area contributed by atoms with E-state index in [1.807, 2.05) is 6.92 Å². The molecule has 116 valence electrons. The molecule has 0 aromatic heterocycles. The van der Waals surface area contributed by atoms with E-state index in [9.17, 15) is 9.59 Å². The predicted octanol–water partition coefficient (Wildman–Crippen LogP) is 1.56. The summed E-state index contributed by atoms with van der Waals surface area (Å²) in [5.74, 6) is -0.375. The number of methoxy groups -OCH3 is 1. The molecule has 1 aliphatic heterocycles. The van der Waals surface area contributed by atoms with Crippen LogP contribution in [0, 0.1) is 11.8 Å². The number of ether oxygens (including phenoxy) is 1. The minimum atomic E-state index is -0.765. The Hall–Kier alpha value is -1.30. The molecule has 0 radical (unpaired) electrons. The monoisotopic (exact) mass is 286 g/mol. The van der Waals surface area contributed by atoms with E-state index < -0.39 is 5.97 Å². The van der Waals surface area contributed by atoms with Crippen LogP contribution in [0.4, 0.5) is 4.79 Å². The van der Waals surface area contributed by atoms with Crippen LogP contribution in [0.2, 0.25) is 0 Å². The summed E-state index contributed by atoms with van der Waals surface area (Å²) in [4.78, 5) is 24.6. The first kappa shape index (κ1) is 16.8. The van der Waals surface area contributed by atoms with Gasteiger partial charge in [0.15, 0.2) is 0 Å². The van der Waals surface area contributed by atoms with Crippen molar-refractivity contribution in [3.8, 4) is 0 Å². The summed E-state index contributed by atoms with van der Waals surface area (Å²) < 4.78 is 4.93. The van der Waals surface area contributed by atoms with Crippen LogP contribution in [0.5, 0.6) is 0 Å². The third kappa shape index (κ3) is 5.77. The Labute approximate surface area is 120 Å². The number of carbonyl (C=O) groups excluding carboxylic acids is 1. The lowest BCUT2D eigenvalue weighted by atomic mass is 9.85. The summed E-state index contributed by atoms with van der Waals surface area (Å²) in [5.41, 5.74) is 0. The number of carboxylic acid groups (broad SMARTS) is 1. The Morgan fingerprint density at radius 1 is 1.50 bits per heavy atom. The number of hydrogen-bond acceptors (Lipinski definition) is 3. The second-order valence-corrected chi connectivity index (χ2v) is 5.50. The summed E-state index contributed by atoms with van der Waals surface area (Å²) in [6.45, 7) is 4.62. The quantitative estimate of drug-likeness (QED) is 0.696. The first-order valence-corrected chi connectivity index (χ1v) is 7.28. The summed E-state index contributed by atoms with van der Waals surface area (Å²) in [5, 5.41) is 11.7. The van der Waals surface area contributed by atoms with Crippen molar-refractivity contribution >= 4 is 12.0 Å². The molecule has 1 saturated heterocycles. The van der Waals surface area contributed by atoms with Crippen LogP contribution in [0.3, 0.4) is 0 Å². The molecule has 2 N–H and O–H groups in total. The second kappa shape index (κ2) is 8.79. The Morgan fingerprint density at radius 2 is 2.25 bits per heavy atom. The first-order valence-electron chi connectivity index (χ1n) is 7.28. The van der Waals surface area contributed by atoms with Gasteiger partial charge in [0.05, 0.1) is 0 Å². The second-order valence-electron chi connectivity index (χ2n) is 5.50. The fraction of sp³-hybridized carbons (Fsp3) is 0.857. The number of aliphatic carboxylic acids is 1. The highest BCUT2D eigenvalue weighted by atomic mass is 16.5. The number of likely N-dealkylation sites (tertiary alicyclic amines) is 1. The van der Waals surface area contributed by atoms with E-state index in [0.717, 1.165) is 25.8 Å². The lowest BCUT2D eigenvalue weighted by molar-refractivity contribution is -0.138. The van der Waals surface area contributed by atoms with Gasteiger partial charge in [-0.1, -0.05) is 6.92 Å². The van der Waals surface area contributed by atoms with Gasteiger partial charge < -0.3 is 20.1 Å². The van der Waals surface area contributed by atoms with Crippen molar-refractivity contribution in [3.05, 3.63) is 0 Å². The summed E-state index contributed by atoms with van der Waals surface area (Å²) in [7, 11) is 1.64. The number of piperidine rings is 1. The number of carbonyl (C=O) groups is 2. The smallest absolute Gasteiger partial charge is 0.317 e. The minimum absolute atomic E-state index is 0.0478. The van der Waals surface area contributed by atoms with Gasteiger partial charge in [0.25, 0.3) is 0 Å². The van der Waals surface area contributed by atoms with E-state index >= 15 is 0 Å². The fourth-order valence-corrected chi connectivity index (χ4v) is 2.62. The molecule has 2 unspecified atom stereocenters. The number of urea groups is 1. The van der Waals surface area contributed by atoms with Crippen LogP contribution in [-0.2, 0) is 9.53 Å². The zero-order valence-electron chi connectivity index (χ0n) is 12.4. The molecule has 0 bridgehead atoms. The zero-order chi connectivity index (χ0) is 15.0. The number of hydrogen-bond donors (Lipinski definition) is 2. The lowest BCUT2D eigenvalue weighted by Gasteiger charge is -2.35. The van der Waals surface area contributed by atoms with Gasteiger partial charge in [-0.3, -0.25) is 4.79 Å². The van der Waals surface area contributed by atoms with Crippen molar-refractivity contribution in [1.29, 1.82) is 0 Å². The Morgan fingerprint density at radius 3 is 2.90 bits per heavy atom. The number of nitrogens with one attached hydrogen (secondary N) is 1. The van der Waals surface area contributed by atoms with Gasteiger partial charge in [-0.2, -0.15) is 0 Å². The maximum absolute atomic E-state index is 12.0. The van der Waals surface area contributed by atoms with E-state index in [-0.39, 0.29) is 24.3 Å². The molecule has 6 nitrogen and oxygen atoms in total. The summed E-state index contributed by atoms with van der Waals surface area (Å²) >= 11 is 0. The van der Waals surface area contributed by atoms with Crippen molar-refractivity contribution in [3.63, 3.8) is 0 Å². The Bertz CT molecular complexity index is 322. The normalized spacial score (nSPS) is 20.5. The van der Waals surface area contributed by atoms with Gasteiger partial charge in [0.2, 0.25) is 0 Å². The number of nitrogens with zero attached hydrogens (tertiary/aromatic N) is 1. The summed E-state index contributed by atoms with van der Waals surface area (Å²) in [6.07, 6.45) is 2.92. The topological polar surface area (TPSA) is 78.9 Å². The molecule has 1 rings (SSSR count). The fourth-order valence-electron chi connectivity index (χ4n) is 2.62. The predicted molar refractivity (Wildman–Crippen MR) is 75.6 cm³/mol. The molecule has 1 aliphatic rings. The van der Waals surface area contributed by atoms with Crippen molar-refractivity contribution < 1.29 is 19.4 Å². The third-order valence-electron chi connectivity index (χ3n) is 3.85. The molecule has 0 aromatic rings. The van der Waals surface area contributed by atoms with Crippen molar-refractivity contribution in [2.75, 3.05) is 33.4 Å². The maximum Gasteiger partial charge on any atom is 0.317 e. The van der Waals surface area contributed by atoms with E-state index in [0.29, 0.717) is 19.7 Å². The SMILES string of the molecule is COCCCNC(=O)N1CCCC(C(C)CC(=O)O)C1. The van der Waals surface area contributed by atoms with Crippen LogP contribution >= 0.6 is 0 Å². The summed E-state index contributed by atoms with van der Waals surface area (Å²) in [6, 6.07) is -0.0478. The molecular weight excluding hydrogens is 260 g/mol. The Balaban J connectivity index is 2.35. The number of rotatable bonds is 7. The largest absolute Gasteiger partial charge is 0.481 e. The zero-order valence-corrected chi connectivity index (χ0v) is 12.4.